The van der Waals surface area contributed by atoms with Gasteiger partial charge in [0.2, 0.25) is 0 Å². The van der Waals surface area contributed by atoms with Crippen molar-refractivity contribution in [3.05, 3.63) is 71.5 Å². The van der Waals surface area contributed by atoms with E-state index in [9.17, 15) is 22.4 Å². The highest BCUT2D eigenvalue weighted by atomic mass is 19.4. The predicted molar refractivity (Wildman–Crippen MR) is 73.9 cm³/mol. The van der Waals surface area contributed by atoms with Crippen molar-refractivity contribution in [1.82, 2.24) is 5.32 Å². The molecule has 2 nitrogen and oxygen atoms in total. The summed E-state index contributed by atoms with van der Waals surface area (Å²) < 4.78 is 52.0. The molecule has 2 aromatic carbocycles. The van der Waals surface area contributed by atoms with Crippen molar-refractivity contribution in [3.8, 4) is 0 Å². The Morgan fingerprint density at radius 3 is 2.14 bits per heavy atom. The molecule has 0 heterocycles. The number of benzene rings is 2. The van der Waals surface area contributed by atoms with Crippen LogP contribution >= 0.6 is 0 Å². The number of hydrogen-bond acceptors (Lipinski definition) is 1. The van der Waals surface area contributed by atoms with Gasteiger partial charge in [-0.05, 0) is 29.8 Å². The minimum absolute atomic E-state index is 0.149. The van der Waals surface area contributed by atoms with E-state index < -0.39 is 30.4 Å². The Labute approximate surface area is 124 Å². The highest BCUT2D eigenvalue weighted by Crippen LogP contribution is 2.23. The van der Waals surface area contributed by atoms with Gasteiger partial charge in [-0.1, -0.05) is 30.3 Å². The van der Waals surface area contributed by atoms with E-state index in [1.165, 1.54) is 24.3 Å². The summed E-state index contributed by atoms with van der Waals surface area (Å²) >= 11 is 0. The van der Waals surface area contributed by atoms with Crippen LogP contribution in [-0.4, -0.2) is 18.1 Å². The fraction of sp³-hybridized carbons (Fsp3) is 0.188. The van der Waals surface area contributed by atoms with Crippen LogP contribution in [0, 0.1) is 5.82 Å². The molecule has 0 aliphatic carbocycles. The van der Waals surface area contributed by atoms with Crippen LogP contribution < -0.4 is 5.32 Å². The van der Waals surface area contributed by atoms with Gasteiger partial charge in [-0.3, -0.25) is 4.79 Å². The van der Waals surface area contributed by atoms with Gasteiger partial charge in [-0.25, -0.2) is 4.39 Å². The van der Waals surface area contributed by atoms with E-state index in [0.29, 0.717) is 0 Å². The van der Waals surface area contributed by atoms with E-state index >= 15 is 0 Å². The molecule has 0 fully saturated rings. The number of amides is 1. The van der Waals surface area contributed by atoms with Crippen LogP contribution in [0.5, 0.6) is 0 Å². The summed E-state index contributed by atoms with van der Waals surface area (Å²) in [5.74, 6) is -1.33. The molecule has 0 bridgehead atoms. The summed E-state index contributed by atoms with van der Waals surface area (Å²) in [5.41, 5.74) is 0.438. The van der Waals surface area contributed by atoms with Gasteiger partial charge >= 0.3 is 6.18 Å². The average molecular weight is 311 g/mol. The lowest BCUT2D eigenvalue weighted by atomic mass is 10.0. The van der Waals surface area contributed by atoms with Gasteiger partial charge in [0.1, 0.15) is 11.9 Å². The largest absolute Gasteiger partial charge is 0.408 e. The zero-order chi connectivity index (χ0) is 16.2. The van der Waals surface area contributed by atoms with Crippen LogP contribution in [0.4, 0.5) is 17.6 Å². The number of carbonyl (C=O) groups excluding carboxylic acids is 1. The Kier molecular flexibility index (Phi) is 4.80. The minimum atomic E-state index is -4.60. The van der Waals surface area contributed by atoms with Crippen LogP contribution in [0.2, 0.25) is 0 Å². The second-order valence-corrected chi connectivity index (χ2v) is 4.76. The molecular weight excluding hydrogens is 298 g/mol. The Balaban J connectivity index is 2.13. The summed E-state index contributed by atoms with van der Waals surface area (Å²) in [6, 6.07) is 10.3. The first-order valence-electron chi connectivity index (χ1n) is 6.53. The second-order valence-electron chi connectivity index (χ2n) is 4.76. The quantitative estimate of drug-likeness (QED) is 0.857. The summed E-state index contributed by atoms with van der Waals surface area (Å²) in [4.78, 5) is 11.9. The predicted octanol–water partition coefficient (Wildman–Crippen LogP) is 3.73. The van der Waals surface area contributed by atoms with Gasteiger partial charge in [0.05, 0.1) is 0 Å². The number of nitrogens with one attached hydrogen (secondary N) is 1. The van der Waals surface area contributed by atoms with Gasteiger partial charge in [-0.2, -0.15) is 13.2 Å². The van der Waals surface area contributed by atoms with Gasteiger partial charge in [0, 0.05) is 12.0 Å². The van der Waals surface area contributed by atoms with Crippen LogP contribution in [0.25, 0.3) is 0 Å². The fourth-order valence-corrected chi connectivity index (χ4v) is 1.94. The zero-order valence-electron chi connectivity index (χ0n) is 11.4. The molecule has 1 amide bonds. The normalized spacial score (nSPS) is 12.7. The van der Waals surface area contributed by atoms with E-state index in [-0.39, 0.29) is 11.1 Å². The maximum absolute atomic E-state index is 13.1. The first kappa shape index (κ1) is 16.0. The maximum Gasteiger partial charge on any atom is 0.408 e. The molecule has 0 aliphatic heterocycles. The van der Waals surface area contributed by atoms with Crippen molar-refractivity contribution in [1.29, 1.82) is 0 Å². The Bertz CT molecular complexity index is 623. The first-order chi connectivity index (χ1) is 10.4. The smallest absolute Gasteiger partial charge is 0.340 e. The SMILES string of the molecule is O=C(N[C@H](Cc1ccc(F)cc1)C(F)(F)F)c1ccccc1. The Morgan fingerprint density at radius 1 is 1.00 bits per heavy atom. The van der Waals surface area contributed by atoms with E-state index in [4.69, 9.17) is 0 Å². The molecule has 2 rings (SSSR count). The molecule has 0 aliphatic rings. The zero-order valence-corrected chi connectivity index (χ0v) is 11.4. The third kappa shape index (κ3) is 4.31. The number of alkyl halides is 3. The Hall–Kier alpha value is -2.37. The number of rotatable bonds is 4. The molecule has 0 spiro atoms. The highest BCUT2D eigenvalue weighted by molar-refractivity contribution is 5.94. The highest BCUT2D eigenvalue weighted by Gasteiger charge is 2.40. The summed E-state index contributed by atoms with van der Waals surface area (Å²) in [7, 11) is 0. The Morgan fingerprint density at radius 2 is 1.59 bits per heavy atom. The van der Waals surface area contributed by atoms with Gasteiger partial charge in [-0.15, -0.1) is 0 Å². The second kappa shape index (κ2) is 6.60. The number of hydrogen-bond donors (Lipinski definition) is 1. The first-order valence-corrected chi connectivity index (χ1v) is 6.53. The lowest BCUT2D eigenvalue weighted by molar-refractivity contribution is -0.153. The van der Waals surface area contributed by atoms with Crippen LogP contribution in [0.1, 0.15) is 15.9 Å². The van der Waals surface area contributed by atoms with Gasteiger partial charge in [0.25, 0.3) is 5.91 Å². The molecule has 116 valence electrons. The maximum atomic E-state index is 13.1. The molecule has 6 heteroatoms. The van der Waals surface area contributed by atoms with Crippen molar-refractivity contribution >= 4 is 5.91 Å². The standard InChI is InChI=1S/C16H13F4NO/c17-13-8-6-11(7-9-13)10-14(16(18,19)20)21-15(22)12-4-2-1-3-5-12/h1-9,14H,10H2,(H,21,22)/t14-/m1/s1. The van der Waals surface area contributed by atoms with Crippen molar-refractivity contribution in [2.75, 3.05) is 0 Å². The van der Waals surface area contributed by atoms with Crippen molar-refractivity contribution < 1.29 is 22.4 Å². The molecule has 1 atom stereocenters. The summed E-state index contributed by atoms with van der Waals surface area (Å²) in [5, 5.41) is 1.98. The van der Waals surface area contributed by atoms with E-state index in [1.54, 1.807) is 18.2 Å². The molecule has 2 aromatic rings. The molecule has 0 aromatic heterocycles. The number of halogens is 4. The molecule has 1 N–H and O–H groups in total. The van der Waals surface area contributed by atoms with Crippen molar-refractivity contribution in [2.24, 2.45) is 0 Å². The van der Waals surface area contributed by atoms with Crippen molar-refractivity contribution in [2.45, 2.75) is 18.6 Å². The van der Waals surface area contributed by atoms with E-state index in [0.717, 1.165) is 12.1 Å². The number of carbonyl (C=O) groups is 1. The topological polar surface area (TPSA) is 29.1 Å². The molecule has 0 saturated carbocycles. The van der Waals surface area contributed by atoms with Gasteiger partial charge in [0.15, 0.2) is 0 Å². The lowest BCUT2D eigenvalue weighted by Crippen LogP contribution is -2.46. The third-order valence-corrected chi connectivity index (χ3v) is 3.09. The fourth-order valence-electron chi connectivity index (χ4n) is 1.94. The average Bonchev–Trinajstić information content (AvgIpc) is 2.48. The minimum Gasteiger partial charge on any atom is -0.340 e. The molecule has 0 radical (unpaired) electrons. The van der Waals surface area contributed by atoms with Crippen LogP contribution in [-0.2, 0) is 6.42 Å². The monoisotopic (exact) mass is 311 g/mol. The van der Waals surface area contributed by atoms with Gasteiger partial charge < -0.3 is 5.32 Å². The molecule has 22 heavy (non-hydrogen) atoms. The van der Waals surface area contributed by atoms with E-state index in [1.807, 2.05) is 5.32 Å². The van der Waals surface area contributed by atoms with Crippen molar-refractivity contribution in [3.63, 3.8) is 0 Å². The van der Waals surface area contributed by atoms with E-state index in [2.05, 4.69) is 0 Å². The molecular formula is C16H13F4NO. The third-order valence-electron chi connectivity index (χ3n) is 3.09. The van der Waals surface area contributed by atoms with Crippen LogP contribution in [0.3, 0.4) is 0 Å². The summed E-state index contributed by atoms with van der Waals surface area (Å²) in [6.45, 7) is 0. The summed E-state index contributed by atoms with van der Waals surface area (Å²) in [6.07, 6.45) is -5.05. The molecule has 0 unspecified atom stereocenters. The lowest BCUT2D eigenvalue weighted by Gasteiger charge is -2.22. The molecule has 0 saturated heterocycles. The van der Waals surface area contributed by atoms with Crippen LogP contribution in [0.15, 0.2) is 54.6 Å².